The van der Waals surface area contributed by atoms with Crippen molar-refractivity contribution >= 4 is 52.0 Å². The highest BCUT2D eigenvalue weighted by Gasteiger charge is 2.28. The number of carbonyl (C=O) groups excluding carboxylic acids is 1. The van der Waals surface area contributed by atoms with Crippen LogP contribution in [0.5, 0.6) is 0 Å². The van der Waals surface area contributed by atoms with Crippen LogP contribution in [-0.4, -0.2) is 54.8 Å². The summed E-state index contributed by atoms with van der Waals surface area (Å²) in [5.74, 6) is 0.609. The molecule has 0 saturated carbocycles. The summed E-state index contributed by atoms with van der Waals surface area (Å²) in [7, 11) is 2.13. The standard InChI is InChI=1S/C25H23Cl2N5O/c1-30-11-13-31(14-12-30)24-20-7-2-3-8-22(20)32(23-10-9-19(27)16-21(23)28-24)29-25(33)17-5-4-6-18(26)15-17/h2-10,15-16H,11-14H2,1H3,(H,29,33). The lowest BCUT2D eigenvalue weighted by atomic mass is 10.1. The van der Waals surface area contributed by atoms with Gasteiger partial charge in [0.2, 0.25) is 0 Å². The fourth-order valence-electron chi connectivity index (χ4n) is 4.11. The molecule has 2 aliphatic rings. The van der Waals surface area contributed by atoms with Gasteiger partial charge in [0, 0.05) is 47.4 Å². The number of nitrogens with zero attached hydrogens (tertiary/aromatic N) is 4. The highest BCUT2D eigenvalue weighted by atomic mass is 35.5. The molecule has 0 unspecified atom stereocenters. The number of rotatable bonds is 2. The molecule has 2 aliphatic heterocycles. The number of carbonyl (C=O) groups is 1. The number of para-hydroxylation sites is 1. The number of amides is 1. The molecular formula is C25H23Cl2N5O. The highest BCUT2D eigenvalue weighted by molar-refractivity contribution is 6.31. The number of amidine groups is 1. The van der Waals surface area contributed by atoms with Crippen molar-refractivity contribution in [3.8, 4) is 0 Å². The van der Waals surface area contributed by atoms with Gasteiger partial charge in [-0.25, -0.2) is 4.99 Å². The zero-order valence-electron chi connectivity index (χ0n) is 18.1. The number of anilines is 2. The van der Waals surface area contributed by atoms with Gasteiger partial charge < -0.3 is 9.80 Å². The Kier molecular flexibility index (Phi) is 5.98. The number of benzene rings is 3. The van der Waals surface area contributed by atoms with Crippen molar-refractivity contribution in [2.24, 2.45) is 4.99 Å². The number of halogens is 2. The molecular weight excluding hydrogens is 457 g/mol. The van der Waals surface area contributed by atoms with Crippen molar-refractivity contribution in [1.29, 1.82) is 0 Å². The van der Waals surface area contributed by atoms with Crippen LogP contribution in [0.1, 0.15) is 15.9 Å². The van der Waals surface area contributed by atoms with E-state index in [1.54, 1.807) is 35.3 Å². The summed E-state index contributed by atoms with van der Waals surface area (Å²) < 4.78 is 0. The van der Waals surface area contributed by atoms with Crippen LogP contribution < -0.4 is 10.4 Å². The summed E-state index contributed by atoms with van der Waals surface area (Å²) in [5.41, 5.74) is 6.75. The number of nitrogens with one attached hydrogen (secondary N) is 1. The van der Waals surface area contributed by atoms with Crippen LogP contribution in [0.3, 0.4) is 0 Å². The highest BCUT2D eigenvalue weighted by Crippen LogP contribution is 2.40. The van der Waals surface area contributed by atoms with E-state index >= 15 is 0 Å². The van der Waals surface area contributed by atoms with Crippen molar-refractivity contribution in [2.75, 3.05) is 38.2 Å². The first-order valence-corrected chi connectivity index (χ1v) is 11.5. The lowest BCUT2D eigenvalue weighted by Crippen LogP contribution is -2.47. The molecule has 1 N–H and O–H groups in total. The normalized spacial score (nSPS) is 15.9. The Morgan fingerprint density at radius 2 is 1.64 bits per heavy atom. The van der Waals surface area contributed by atoms with Gasteiger partial charge in [-0.3, -0.25) is 15.2 Å². The molecule has 0 aliphatic carbocycles. The van der Waals surface area contributed by atoms with Crippen LogP contribution in [-0.2, 0) is 0 Å². The molecule has 0 bridgehead atoms. The van der Waals surface area contributed by atoms with E-state index in [0.717, 1.165) is 49.0 Å². The van der Waals surface area contributed by atoms with Crippen LogP contribution in [0.15, 0.2) is 71.7 Å². The van der Waals surface area contributed by atoms with E-state index in [9.17, 15) is 4.79 Å². The van der Waals surface area contributed by atoms with Gasteiger partial charge in [-0.1, -0.05) is 41.4 Å². The summed E-state index contributed by atoms with van der Waals surface area (Å²) in [6, 6.07) is 20.4. The summed E-state index contributed by atoms with van der Waals surface area (Å²) >= 11 is 12.5. The Labute approximate surface area is 203 Å². The quantitative estimate of drug-likeness (QED) is 0.554. The lowest BCUT2D eigenvalue weighted by molar-refractivity contribution is 0.0954. The zero-order valence-corrected chi connectivity index (χ0v) is 19.6. The molecule has 6 nitrogen and oxygen atoms in total. The van der Waals surface area contributed by atoms with Crippen molar-refractivity contribution in [3.05, 3.63) is 87.9 Å². The fourth-order valence-corrected chi connectivity index (χ4v) is 4.47. The number of aliphatic imine (C=N–C) groups is 1. The van der Waals surface area contributed by atoms with Gasteiger partial charge >= 0.3 is 0 Å². The van der Waals surface area contributed by atoms with Crippen LogP contribution in [0.25, 0.3) is 0 Å². The third kappa shape index (κ3) is 4.42. The van der Waals surface area contributed by atoms with E-state index in [4.69, 9.17) is 28.2 Å². The molecule has 0 atom stereocenters. The van der Waals surface area contributed by atoms with Gasteiger partial charge in [-0.2, -0.15) is 0 Å². The number of likely N-dealkylation sites (N-methyl/N-ethyl adjacent to an activating group) is 1. The lowest BCUT2D eigenvalue weighted by Gasteiger charge is -2.35. The van der Waals surface area contributed by atoms with E-state index in [1.165, 1.54) is 0 Å². The maximum atomic E-state index is 13.2. The number of hydrazine groups is 1. The van der Waals surface area contributed by atoms with Crippen molar-refractivity contribution in [3.63, 3.8) is 0 Å². The summed E-state index contributed by atoms with van der Waals surface area (Å²) in [5, 5.41) is 2.88. The summed E-state index contributed by atoms with van der Waals surface area (Å²) in [6.45, 7) is 3.65. The first-order valence-electron chi connectivity index (χ1n) is 10.8. The van der Waals surface area contributed by atoms with Crippen molar-refractivity contribution < 1.29 is 4.79 Å². The second-order valence-corrected chi connectivity index (χ2v) is 9.04. The largest absolute Gasteiger partial charge is 0.353 e. The predicted octanol–water partition coefficient (Wildman–Crippen LogP) is 5.12. The SMILES string of the molecule is CN1CCN(C2=Nc3cc(Cl)ccc3N(NC(=O)c3cccc(Cl)c3)c3ccccc32)CC1. The second kappa shape index (κ2) is 9.06. The zero-order chi connectivity index (χ0) is 22.9. The van der Waals surface area contributed by atoms with Gasteiger partial charge in [-0.05, 0) is 55.6 Å². The third-order valence-corrected chi connectivity index (χ3v) is 6.36. The van der Waals surface area contributed by atoms with E-state index in [2.05, 4.69) is 22.3 Å². The van der Waals surface area contributed by atoms with Crippen molar-refractivity contribution in [2.45, 2.75) is 0 Å². The number of fused-ring (bicyclic) bond motifs is 2. The molecule has 1 fully saturated rings. The molecule has 1 amide bonds. The molecule has 8 heteroatoms. The summed E-state index contributed by atoms with van der Waals surface area (Å²) in [6.07, 6.45) is 0. The van der Waals surface area contributed by atoms with Crippen molar-refractivity contribution in [1.82, 2.24) is 15.2 Å². The smallest absolute Gasteiger partial charge is 0.270 e. The molecule has 168 valence electrons. The molecule has 3 aromatic rings. The second-order valence-electron chi connectivity index (χ2n) is 8.16. The molecule has 1 saturated heterocycles. The molecule has 0 radical (unpaired) electrons. The third-order valence-electron chi connectivity index (χ3n) is 5.89. The van der Waals surface area contributed by atoms with Crippen LogP contribution in [0.2, 0.25) is 10.0 Å². The first-order chi connectivity index (χ1) is 16.0. The summed E-state index contributed by atoms with van der Waals surface area (Å²) in [4.78, 5) is 22.9. The number of hydrogen-bond donors (Lipinski definition) is 1. The maximum absolute atomic E-state index is 13.2. The first kappa shape index (κ1) is 21.8. The minimum absolute atomic E-state index is 0.267. The van der Waals surface area contributed by atoms with Gasteiger partial charge in [0.25, 0.3) is 5.91 Å². The average molecular weight is 480 g/mol. The molecule has 2 heterocycles. The van der Waals surface area contributed by atoms with Crippen LogP contribution in [0.4, 0.5) is 17.1 Å². The van der Waals surface area contributed by atoms with E-state index in [1.807, 2.05) is 36.4 Å². The number of hydrogen-bond acceptors (Lipinski definition) is 5. The minimum atomic E-state index is -0.267. The molecule has 5 rings (SSSR count). The Morgan fingerprint density at radius 3 is 2.42 bits per heavy atom. The van der Waals surface area contributed by atoms with Gasteiger partial charge in [-0.15, -0.1) is 0 Å². The van der Waals surface area contributed by atoms with E-state index in [0.29, 0.717) is 21.3 Å². The van der Waals surface area contributed by atoms with Crippen LogP contribution >= 0.6 is 23.2 Å². The fraction of sp³-hybridized carbons (Fsp3) is 0.200. The molecule has 33 heavy (non-hydrogen) atoms. The van der Waals surface area contributed by atoms with E-state index in [-0.39, 0.29) is 5.91 Å². The minimum Gasteiger partial charge on any atom is -0.353 e. The Hall–Kier alpha value is -3.06. The Balaban J connectivity index is 1.61. The Morgan fingerprint density at radius 1 is 0.879 bits per heavy atom. The topological polar surface area (TPSA) is 51.2 Å². The van der Waals surface area contributed by atoms with Crippen LogP contribution in [0, 0.1) is 0 Å². The molecule has 0 spiro atoms. The van der Waals surface area contributed by atoms with E-state index < -0.39 is 0 Å². The molecule has 0 aromatic heterocycles. The average Bonchev–Trinajstić information content (AvgIpc) is 2.94. The Bertz CT molecular complexity index is 1240. The molecule has 3 aromatic carbocycles. The van der Waals surface area contributed by atoms with Gasteiger partial charge in [0.05, 0.1) is 17.1 Å². The monoisotopic (exact) mass is 479 g/mol. The number of piperazine rings is 1. The predicted molar refractivity (Wildman–Crippen MR) is 134 cm³/mol. The van der Waals surface area contributed by atoms with Gasteiger partial charge in [0.15, 0.2) is 0 Å². The maximum Gasteiger partial charge on any atom is 0.270 e. The van der Waals surface area contributed by atoms with Gasteiger partial charge in [0.1, 0.15) is 5.84 Å².